The number of hydrogen-bond donors (Lipinski definition) is 3. The number of rotatable bonds is 2. The molecule has 2 rings (SSSR count). The number of nitrogens with one attached hydrogen (secondary N) is 1. The minimum Gasteiger partial charge on any atom is -0.506 e. The molecule has 1 aromatic heterocycles. The first kappa shape index (κ1) is 11.7. The molecular weight excluding hydrogens is 234 g/mol. The average molecular weight is 243 g/mol. The van der Waals surface area contributed by atoms with Crippen LogP contribution in [0.25, 0.3) is 11.3 Å². The lowest BCUT2D eigenvalue weighted by molar-refractivity contribution is 0.0690. The van der Waals surface area contributed by atoms with Crippen LogP contribution in [0.4, 0.5) is 0 Å². The zero-order chi connectivity index (χ0) is 13.3. The van der Waals surface area contributed by atoms with Crippen molar-refractivity contribution in [2.24, 2.45) is 0 Å². The van der Waals surface area contributed by atoms with Crippen LogP contribution in [-0.4, -0.2) is 26.4 Å². The van der Waals surface area contributed by atoms with Gasteiger partial charge in [0.15, 0.2) is 0 Å². The Kier molecular flexibility index (Phi) is 2.73. The number of nitriles is 1. The molecule has 6 nitrogen and oxygen atoms in total. The van der Waals surface area contributed by atoms with E-state index in [-0.39, 0.29) is 17.0 Å². The first-order valence-electron chi connectivity index (χ1n) is 5.05. The molecule has 2 aromatic rings. The van der Waals surface area contributed by atoms with Gasteiger partial charge in [0.25, 0.3) is 0 Å². The molecular formula is C12H9N3O3. The highest BCUT2D eigenvalue weighted by atomic mass is 16.4. The number of aromatic nitrogens is 2. The summed E-state index contributed by atoms with van der Waals surface area (Å²) in [5, 5.41) is 33.5. The third-order valence-electron chi connectivity index (χ3n) is 2.52. The van der Waals surface area contributed by atoms with Gasteiger partial charge in [-0.15, -0.1) is 0 Å². The van der Waals surface area contributed by atoms with Gasteiger partial charge in [-0.3, -0.25) is 5.10 Å². The minimum atomic E-state index is -1.11. The molecule has 0 atom stereocenters. The Morgan fingerprint density at radius 3 is 2.72 bits per heavy atom. The fourth-order valence-electron chi connectivity index (χ4n) is 1.59. The van der Waals surface area contributed by atoms with Gasteiger partial charge in [0.05, 0.1) is 11.3 Å². The Bertz CT molecular complexity index is 668. The monoisotopic (exact) mass is 243 g/mol. The highest BCUT2D eigenvalue weighted by Crippen LogP contribution is 2.28. The lowest BCUT2D eigenvalue weighted by Gasteiger charge is -2.03. The summed E-state index contributed by atoms with van der Waals surface area (Å²) in [4.78, 5) is 10.7. The minimum absolute atomic E-state index is 0.0331. The van der Waals surface area contributed by atoms with Gasteiger partial charge in [0, 0.05) is 5.56 Å². The van der Waals surface area contributed by atoms with E-state index in [2.05, 4.69) is 10.2 Å². The SMILES string of the molecule is Cc1cc(-c2cc(C(=O)O)[nH]n2)cc(C#N)c1O. The number of hydrogen-bond acceptors (Lipinski definition) is 4. The van der Waals surface area contributed by atoms with Crippen molar-refractivity contribution in [3.8, 4) is 23.1 Å². The van der Waals surface area contributed by atoms with Crippen LogP contribution in [0.15, 0.2) is 18.2 Å². The number of phenols is 1. The number of phenolic OH excluding ortho intramolecular Hbond substituents is 1. The first-order chi connectivity index (χ1) is 8.52. The molecule has 0 amide bonds. The van der Waals surface area contributed by atoms with Crippen LogP contribution in [0, 0.1) is 18.3 Å². The number of aromatic hydroxyl groups is 1. The van der Waals surface area contributed by atoms with Crippen LogP contribution >= 0.6 is 0 Å². The van der Waals surface area contributed by atoms with Crippen molar-refractivity contribution in [1.82, 2.24) is 10.2 Å². The number of aryl methyl sites for hydroxylation is 1. The van der Waals surface area contributed by atoms with Gasteiger partial charge in [-0.25, -0.2) is 4.79 Å². The second-order valence-corrected chi connectivity index (χ2v) is 3.77. The van der Waals surface area contributed by atoms with Crippen molar-refractivity contribution in [2.45, 2.75) is 6.92 Å². The fourth-order valence-corrected chi connectivity index (χ4v) is 1.59. The summed E-state index contributed by atoms with van der Waals surface area (Å²) in [7, 11) is 0. The molecule has 90 valence electrons. The molecule has 3 N–H and O–H groups in total. The summed E-state index contributed by atoms with van der Waals surface area (Å²) in [5.41, 5.74) is 1.61. The van der Waals surface area contributed by atoms with E-state index in [0.29, 0.717) is 16.8 Å². The van der Waals surface area contributed by atoms with Crippen LogP contribution in [0.2, 0.25) is 0 Å². The second-order valence-electron chi connectivity index (χ2n) is 3.77. The maximum atomic E-state index is 10.7. The van der Waals surface area contributed by atoms with E-state index in [1.54, 1.807) is 13.0 Å². The van der Waals surface area contributed by atoms with Crippen LogP contribution in [-0.2, 0) is 0 Å². The van der Waals surface area contributed by atoms with E-state index in [1.165, 1.54) is 12.1 Å². The summed E-state index contributed by atoms with van der Waals surface area (Å²) in [6.07, 6.45) is 0. The van der Waals surface area contributed by atoms with Gasteiger partial charge in [-0.1, -0.05) is 0 Å². The smallest absolute Gasteiger partial charge is 0.353 e. The lowest BCUT2D eigenvalue weighted by atomic mass is 10.0. The summed E-state index contributed by atoms with van der Waals surface area (Å²) in [6, 6.07) is 6.34. The molecule has 1 heterocycles. The number of aromatic amines is 1. The van der Waals surface area contributed by atoms with E-state index >= 15 is 0 Å². The Balaban J connectivity index is 2.54. The van der Waals surface area contributed by atoms with E-state index < -0.39 is 5.97 Å². The van der Waals surface area contributed by atoms with Gasteiger partial charge < -0.3 is 10.2 Å². The van der Waals surface area contributed by atoms with Crippen molar-refractivity contribution in [1.29, 1.82) is 5.26 Å². The van der Waals surface area contributed by atoms with E-state index in [0.717, 1.165) is 0 Å². The van der Waals surface area contributed by atoms with Gasteiger partial charge in [-0.05, 0) is 30.7 Å². The molecule has 0 aliphatic heterocycles. The van der Waals surface area contributed by atoms with E-state index in [1.807, 2.05) is 6.07 Å². The number of aromatic carboxylic acids is 1. The third-order valence-corrected chi connectivity index (χ3v) is 2.52. The highest BCUT2D eigenvalue weighted by Gasteiger charge is 2.12. The summed E-state index contributed by atoms with van der Waals surface area (Å²) in [5.74, 6) is -1.18. The number of H-pyrrole nitrogens is 1. The zero-order valence-electron chi connectivity index (χ0n) is 9.43. The first-order valence-corrected chi connectivity index (χ1v) is 5.05. The standard InChI is InChI=1S/C12H9N3O3/c1-6-2-7(3-8(5-13)11(6)16)9-4-10(12(17)18)15-14-9/h2-4,16H,1H3,(H,14,15)(H,17,18). The molecule has 0 aliphatic carbocycles. The van der Waals surface area contributed by atoms with Gasteiger partial charge in [-0.2, -0.15) is 10.4 Å². The Hall–Kier alpha value is -2.81. The lowest BCUT2D eigenvalue weighted by Crippen LogP contribution is -1.95. The molecule has 0 saturated carbocycles. The Morgan fingerprint density at radius 2 is 2.17 bits per heavy atom. The molecule has 0 spiro atoms. The third kappa shape index (κ3) is 1.89. The number of carboxylic acids is 1. The number of carboxylic acid groups (broad SMARTS) is 1. The number of benzene rings is 1. The Labute approximate surface area is 102 Å². The molecule has 18 heavy (non-hydrogen) atoms. The fraction of sp³-hybridized carbons (Fsp3) is 0.0833. The van der Waals surface area contributed by atoms with Gasteiger partial charge in [0.1, 0.15) is 17.5 Å². The predicted octanol–water partition coefficient (Wildman–Crippen LogP) is 1.66. The topological polar surface area (TPSA) is 110 Å². The molecule has 0 radical (unpaired) electrons. The largest absolute Gasteiger partial charge is 0.506 e. The van der Waals surface area contributed by atoms with Crippen molar-refractivity contribution in [3.05, 3.63) is 35.0 Å². The van der Waals surface area contributed by atoms with Crippen LogP contribution in [0.1, 0.15) is 21.6 Å². The van der Waals surface area contributed by atoms with E-state index in [4.69, 9.17) is 10.4 Å². The van der Waals surface area contributed by atoms with E-state index in [9.17, 15) is 9.90 Å². The van der Waals surface area contributed by atoms with Gasteiger partial charge in [0.2, 0.25) is 0 Å². The number of carbonyl (C=O) groups is 1. The van der Waals surface area contributed by atoms with Crippen LogP contribution in [0.5, 0.6) is 5.75 Å². The quantitative estimate of drug-likeness (QED) is 0.742. The second kappa shape index (κ2) is 4.22. The molecule has 0 fully saturated rings. The molecule has 0 unspecified atom stereocenters. The molecule has 0 saturated heterocycles. The van der Waals surface area contributed by atoms with Crippen molar-refractivity contribution >= 4 is 5.97 Å². The van der Waals surface area contributed by atoms with Crippen LogP contribution < -0.4 is 0 Å². The molecule has 1 aromatic carbocycles. The van der Waals surface area contributed by atoms with Crippen molar-refractivity contribution in [2.75, 3.05) is 0 Å². The average Bonchev–Trinajstić information content (AvgIpc) is 2.82. The zero-order valence-corrected chi connectivity index (χ0v) is 9.43. The molecule has 0 bridgehead atoms. The maximum Gasteiger partial charge on any atom is 0.353 e. The molecule has 6 heteroatoms. The van der Waals surface area contributed by atoms with Crippen molar-refractivity contribution < 1.29 is 15.0 Å². The highest BCUT2D eigenvalue weighted by molar-refractivity contribution is 5.87. The van der Waals surface area contributed by atoms with Crippen molar-refractivity contribution in [3.63, 3.8) is 0 Å². The summed E-state index contributed by atoms with van der Waals surface area (Å²) < 4.78 is 0. The Morgan fingerprint density at radius 1 is 1.44 bits per heavy atom. The molecule has 0 aliphatic rings. The number of nitrogens with zero attached hydrogens (tertiary/aromatic N) is 2. The van der Waals surface area contributed by atoms with Crippen LogP contribution in [0.3, 0.4) is 0 Å². The predicted molar refractivity (Wildman–Crippen MR) is 62.1 cm³/mol. The summed E-state index contributed by atoms with van der Waals surface area (Å²) in [6.45, 7) is 1.66. The van der Waals surface area contributed by atoms with Gasteiger partial charge >= 0.3 is 5.97 Å². The normalized spacial score (nSPS) is 10.0. The summed E-state index contributed by atoms with van der Waals surface area (Å²) >= 11 is 0. The maximum absolute atomic E-state index is 10.7.